The van der Waals surface area contributed by atoms with Crippen molar-refractivity contribution >= 4 is 28.2 Å². The van der Waals surface area contributed by atoms with Crippen molar-refractivity contribution in [3.63, 3.8) is 0 Å². The third-order valence-corrected chi connectivity index (χ3v) is 4.99. The van der Waals surface area contributed by atoms with Gasteiger partial charge in [0.05, 0.1) is 0 Å². The average molecular weight is 395 g/mol. The molecule has 7 heteroatoms. The molecule has 0 aliphatic rings. The molecule has 0 atom stereocenters. The van der Waals surface area contributed by atoms with E-state index in [-0.39, 0.29) is 18.1 Å². The minimum Gasteiger partial charge on any atom is -0.453 e. The van der Waals surface area contributed by atoms with E-state index in [1.165, 1.54) is 11.3 Å². The Morgan fingerprint density at radius 3 is 2.75 bits per heavy atom. The quantitative estimate of drug-likeness (QED) is 0.352. The smallest absolute Gasteiger partial charge is 0.358 e. The van der Waals surface area contributed by atoms with Gasteiger partial charge in [0, 0.05) is 34.6 Å². The molecule has 0 bridgehead atoms. The second-order valence-electron chi connectivity index (χ2n) is 6.16. The van der Waals surface area contributed by atoms with Crippen molar-refractivity contribution in [2.75, 3.05) is 18.5 Å². The molecule has 3 aromatic rings. The number of nitrogens with zero attached hydrogens (tertiary/aromatic N) is 2. The molecule has 2 heterocycles. The molecular formula is C21H21N3O3S. The maximum atomic E-state index is 12.6. The number of para-hydroxylation sites is 1. The first-order valence-corrected chi connectivity index (χ1v) is 9.64. The van der Waals surface area contributed by atoms with Crippen molar-refractivity contribution < 1.29 is 14.3 Å². The molecule has 0 aliphatic carbocycles. The van der Waals surface area contributed by atoms with Gasteiger partial charge in [-0.05, 0) is 32.0 Å². The lowest BCUT2D eigenvalue weighted by Gasteiger charge is -2.09. The minimum absolute atomic E-state index is 0.180. The summed E-state index contributed by atoms with van der Waals surface area (Å²) in [5.74, 6) is -0.864. The van der Waals surface area contributed by atoms with Crippen LogP contribution in [0.15, 0.2) is 54.4 Å². The second kappa shape index (κ2) is 8.67. The van der Waals surface area contributed by atoms with E-state index >= 15 is 0 Å². The molecule has 0 fully saturated rings. The van der Waals surface area contributed by atoms with Crippen LogP contribution in [0.25, 0.3) is 5.69 Å². The van der Waals surface area contributed by atoms with Crippen molar-refractivity contribution in [2.45, 2.75) is 13.8 Å². The van der Waals surface area contributed by atoms with Crippen LogP contribution in [-0.4, -0.2) is 34.5 Å². The fourth-order valence-electron chi connectivity index (χ4n) is 2.91. The third-order valence-electron chi connectivity index (χ3n) is 4.19. The van der Waals surface area contributed by atoms with Gasteiger partial charge >= 0.3 is 5.97 Å². The van der Waals surface area contributed by atoms with Crippen LogP contribution in [0.2, 0.25) is 0 Å². The molecule has 0 saturated heterocycles. The van der Waals surface area contributed by atoms with Gasteiger partial charge in [0.25, 0.3) is 0 Å². The van der Waals surface area contributed by atoms with Crippen molar-refractivity contribution in [3.8, 4) is 5.69 Å². The van der Waals surface area contributed by atoms with Crippen molar-refractivity contribution in [2.24, 2.45) is 0 Å². The maximum Gasteiger partial charge on any atom is 0.358 e. The lowest BCUT2D eigenvalue weighted by molar-refractivity contribution is 0.0469. The molecule has 1 aromatic carbocycles. The summed E-state index contributed by atoms with van der Waals surface area (Å²) in [5, 5.41) is 5.20. The highest BCUT2D eigenvalue weighted by atomic mass is 32.1. The van der Waals surface area contributed by atoms with Gasteiger partial charge in [0.1, 0.15) is 0 Å². The SMILES string of the molecule is C=CCNc1nc(C(=O)OCC(=O)c2cc(C)n(-c3ccccc3)c2C)cs1. The number of aryl methyl sites for hydroxylation is 1. The molecule has 144 valence electrons. The lowest BCUT2D eigenvalue weighted by Crippen LogP contribution is -2.15. The number of hydrogen-bond donors (Lipinski definition) is 1. The van der Waals surface area contributed by atoms with Crippen molar-refractivity contribution in [3.05, 3.63) is 77.1 Å². The van der Waals surface area contributed by atoms with Gasteiger partial charge < -0.3 is 14.6 Å². The predicted molar refractivity (Wildman–Crippen MR) is 111 cm³/mol. The molecule has 0 saturated carbocycles. The first kappa shape index (κ1) is 19.6. The van der Waals surface area contributed by atoms with Gasteiger partial charge in [-0.1, -0.05) is 24.3 Å². The van der Waals surface area contributed by atoms with E-state index < -0.39 is 5.97 Å². The Morgan fingerprint density at radius 1 is 1.29 bits per heavy atom. The monoisotopic (exact) mass is 395 g/mol. The van der Waals surface area contributed by atoms with Gasteiger partial charge in [0.15, 0.2) is 17.4 Å². The van der Waals surface area contributed by atoms with E-state index in [2.05, 4.69) is 16.9 Å². The number of aromatic nitrogens is 2. The summed E-state index contributed by atoms with van der Waals surface area (Å²) in [6, 6.07) is 11.6. The molecule has 1 N–H and O–H groups in total. The Kier molecular flexibility index (Phi) is 6.06. The number of anilines is 1. The van der Waals surface area contributed by atoms with Crippen LogP contribution in [0.4, 0.5) is 5.13 Å². The number of Topliss-reactive ketones (excluding diaryl/α,β-unsaturated/α-hetero) is 1. The zero-order chi connectivity index (χ0) is 20.1. The number of esters is 1. The van der Waals surface area contributed by atoms with Crippen LogP contribution in [0.1, 0.15) is 32.2 Å². The highest BCUT2D eigenvalue weighted by molar-refractivity contribution is 7.13. The number of hydrogen-bond acceptors (Lipinski definition) is 6. The fraction of sp³-hybridized carbons (Fsp3) is 0.190. The summed E-state index contributed by atoms with van der Waals surface area (Å²) in [7, 11) is 0. The number of carbonyl (C=O) groups excluding carboxylic acids is 2. The molecule has 3 rings (SSSR count). The summed E-state index contributed by atoms with van der Waals surface area (Å²) in [5.41, 5.74) is 3.46. The Balaban J connectivity index is 1.68. The van der Waals surface area contributed by atoms with Crippen LogP contribution in [0.3, 0.4) is 0 Å². The van der Waals surface area contributed by atoms with Crippen molar-refractivity contribution in [1.29, 1.82) is 0 Å². The van der Waals surface area contributed by atoms with Crippen LogP contribution in [0.5, 0.6) is 0 Å². The number of carbonyl (C=O) groups is 2. The highest BCUT2D eigenvalue weighted by Gasteiger charge is 2.19. The zero-order valence-electron chi connectivity index (χ0n) is 15.8. The molecule has 0 spiro atoms. The van der Waals surface area contributed by atoms with Crippen LogP contribution >= 0.6 is 11.3 Å². The standard InChI is InChI=1S/C21H21N3O3S/c1-4-10-22-21-23-18(13-28-21)20(26)27-12-19(25)17-11-14(2)24(15(17)3)16-8-6-5-7-9-16/h4-9,11,13H,1,10,12H2,2-3H3,(H,22,23). The summed E-state index contributed by atoms with van der Waals surface area (Å²) in [4.78, 5) is 28.9. The minimum atomic E-state index is -0.617. The van der Waals surface area contributed by atoms with Gasteiger partial charge in [-0.25, -0.2) is 9.78 Å². The molecule has 6 nitrogen and oxygen atoms in total. The van der Waals surface area contributed by atoms with E-state index in [1.54, 1.807) is 11.5 Å². The lowest BCUT2D eigenvalue weighted by atomic mass is 10.1. The van der Waals surface area contributed by atoms with E-state index in [4.69, 9.17) is 4.74 Å². The number of benzene rings is 1. The molecule has 0 unspecified atom stereocenters. The molecule has 2 aromatic heterocycles. The average Bonchev–Trinajstić information content (AvgIpc) is 3.29. The molecular weight excluding hydrogens is 374 g/mol. The molecule has 0 aliphatic heterocycles. The fourth-order valence-corrected chi connectivity index (χ4v) is 3.60. The molecule has 0 radical (unpaired) electrons. The predicted octanol–water partition coefficient (Wildman–Crippen LogP) is 4.19. The summed E-state index contributed by atoms with van der Waals surface area (Å²) < 4.78 is 7.18. The summed E-state index contributed by atoms with van der Waals surface area (Å²) in [6.07, 6.45) is 1.70. The maximum absolute atomic E-state index is 12.6. The number of ketones is 1. The molecule has 0 amide bonds. The van der Waals surface area contributed by atoms with Gasteiger partial charge in [0.2, 0.25) is 5.78 Å². The summed E-state index contributed by atoms with van der Waals surface area (Å²) >= 11 is 1.29. The summed E-state index contributed by atoms with van der Waals surface area (Å²) in [6.45, 7) is 7.66. The van der Waals surface area contributed by atoms with Gasteiger partial charge in [-0.3, -0.25) is 4.79 Å². The van der Waals surface area contributed by atoms with Gasteiger partial charge in [-0.2, -0.15) is 0 Å². The first-order valence-electron chi connectivity index (χ1n) is 8.76. The normalized spacial score (nSPS) is 10.5. The third kappa shape index (κ3) is 4.20. The largest absolute Gasteiger partial charge is 0.453 e. The van der Waals surface area contributed by atoms with Crippen LogP contribution in [-0.2, 0) is 4.74 Å². The van der Waals surface area contributed by atoms with E-state index in [0.29, 0.717) is 17.2 Å². The van der Waals surface area contributed by atoms with Crippen molar-refractivity contribution in [1.82, 2.24) is 9.55 Å². The zero-order valence-corrected chi connectivity index (χ0v) is 16.6. The number of rotatable bonds is 8. The van der Waals surface area contributed by atoms with E-state index in [0.717, 1.165) is 17.1 Å². The van der Waals surface area contributed by atoms with E-state index in [9.17, 15) is 9.59 Å². The number of thiazole rings is 1. The Labute approximate surface area is 167 Å². The van der Waals surface area contributed by atoms with Gasteiger partial charge in [-0.15, -0.1) is 17.9 Å². The first-order chi connectivity index (χ1) is 13.5. The highest BCUT2D eigenvalue weighted by Crippen LogP contribution is 2.21. The Morgan fingerprint density at radius 2 is 2.04 bits per heavy atom. The van der Waals surface area contributed by atoms with E-state index in [1.807, 2.05) is 54.8 Å². The topological polar surface area (TPSA) is 73.2 Å². The number of ether oxygens (including phenoxy) is 1. The van der Waals surface area contributed by atoms with Crippen LogP contribution < -0.4 is 5.32 Å². The Hall–Kier alpha value is -3.19. The van der Waals surface area contributed by atoms with Crippen LogP contribution in [0, 0.1) is 13.8 Å². The molecule has 28 heavy (non-hydrogen) atoms. The Bertz CT molecular complexity index is 1010. The number of nitrogens with one attached hydrogen (secondary N) is 1. The second-order valence-corrected chi connectivity index (χ2v) is 7.02.